The van der Waals surface area contributed by atoms with Gasteiger partial charge >= 0.3 is 0 Å². The summed E-state index contributed by atoms with van der Waals surface area (Å²) in [4.78, 5) is 5.13. The van der Waals surface area contributed by atoms with Crippen LogP contribution in [0, 0.1) is 17.7 Å². The first-order chi connectivity index (χ1) is 13.3. The Balaban J connectivity index is 0.00000120. The van der Waals surface area contributed by atoms with E-state index in [4.69, 9.17) is 0 Å². The zero-order valence-corrected chi connectivity index (χ0v) is 18.4. The van der Waals surface area contributed by atoms with Crippen molar-refractivity contribution in [3.63, 3.8) is 0 Å². The molecule has 158 valence electrons. The van der Waals surface area contributed by atoms with Crippen molar-refractivity contribution in [3.8, 4) is 0 Å². The molecule has 0 bridgehead atoms. The van der Waals surface area contributed by atoms with Crippen molar-refractivity contribution in [2.45, 2.75) is 37.6 Å². The molecule has 0 aromatic heterocycles. The summed E-state index contributed by atoms with van der Waals surface area (Å²) in [5.41, 5.74) is 2.71. The van der Waals surface area contributed by atoms with Gasteiger partial charge in [0.05, 0.1) is 0 Å². The third-order valence-corrected chi connectivity index (χ3v) is 7.28. The second kappa shape index (κ2) is 9.68. The average Bonchev–Trinajstić information content (AvgIpc) is 3.29. The zero-order valence-electron chi connectivity index (χ0n) is 16.8. The molecule has 5 heteroatoms. The third kappa shape index (κ3) is 4.73. The van der Waals surface area contributed by atoms with Gasteiger partial charge in [-0.1, -0.05) is 30.3 Å². The molecular formula is C24H31Cl2FN2. The van der Waals surface area contributed by atoms with Gasteiger partial charge in [0.2, 0.25) is 0 Å². The molecule has 2 nitrogen and oxygen atoms in total. The molecule has 0 radical (unpaired) electrons. The van der Waals surface area contributed by atoms with Gasteiger partial charge in [-0.05, 0) is 73.3 Å². The maximum atomic E-state index is 13.1. The maximum Gasteiger partial charge on any atom is 0.123 e. The van der Waals surface area contributed by atoms with E-state index < -0.39 is 0 Å². The van der Waals surface area contributed by atoms with Crippen LogP contribution in [0.5, 0.6) is 0 Å². The first-order valence-corrected chi connectivity index (χ1v) is 10.6. The van der Waals surface area contributed by atoms with Crippen LogP contribution in [0.25, 0.3) is 0 Å². The monoisotopic (exact) mass is 436 g/mol. The maximum absolute atomic E-state index is 13.1. The summed E-state index contributed by atoms with van der Waals surface area (Å²) >= 11 is 0. The Morgan fingerprint density at radius 1 is 0.690 bits per heavy atom. The molecule has 3 aliphatic rings. The van der Waals surface area contributed by atoms with Crippen LogP contribution >= 0.6 is 24.8 Å². The molecule has 3 fully saturated rings. The van der Waals surface area contributed by atoms with E-state index in [1.54, 1.807) is 17.7 Å². The molecule has 1 saturated heterocycles. The fourth-order valence-electron chi connectivity index (χ4n) is 5.88. The number of piperazine rings is 1. The van der Waals surface area contributed by atoms with Crippen LogP contribution in [-0.4, -0.2) is 37.1 Å². The third-order valence-electron chi connectivity index (χ3n) is 7.28. The van der Waals surface area contributed by atoms with Crippen molar-refractivity contribution < 1.29 is 4.39 Å². The van der Waals surface area contributed by atoms with Crippen LogP contribution in [0.3, 0.4) is 0 Å². The van der Waals surface area contributed by atoms with Crippen molar-refractivity contribution in [3.05, 3.63) is 66.0 Å². The van der Waals surface area contributed by atoms with E-state index in [1.165, 1.54) is 25.7 Å². The van der Waals surface area contributed by atoms with Crippen molar-refractivity contribution in [1.82, 2.24) is 4.90 Å². The molecule has 1 aliphatic heterocycles. The number of rotatable bonds is 3. The van der Waals surface area contributed by atoms with Gasteiger partial charge in [-0.2, -0.15) is 0 Å². The average molecular weight is 437 g/mol. The Bertz CT molecular complexity index is 748. The molecule has 2 atom stereocenters. The van der Waals surface area contributed by atoms with Gasteiger partial charge in [0.15, 0.2) is 0 Å². The number of hydrogen-bond donors (Lipinski definition) is 0. The van der Waals surface area contributed by atoms with Crippen LogP contribution in [0.1, 0.15) is 37.2 Å². The molecule has 2 saturated carbocycles. The molecule has 5 rings (SSSR count). The zero-order chi connectivity index (χ0) is 18.2. The number of nitrogens with zero attached hydrogens (tertiary/aromatic N) is 2. The minimum absolute atomic E-state index is 0. The fourth-order valence-corrected chi connectivity index (χ4v) is 5.88. The summed E-state index contributed by atoms with van der Waals surface area (Å²) in [7, 11) is 0. The molecule has 2 aromatic carbocycles. The summed E-state index contributed by atoms with van der Waals surface area (Å²) in [5, 5.41) is 0. The number of benzene rings is 2. The van der Waals surface area contributed by atoms with Gasteiger partial charge in [-0.25, -0.2) is 4.39 Å². The summed E-state index contributed by atoms with van der Waals surface area (Å²) in [5.74, 6) is 2.49. The van der Waals surface area contributed by atoms with Crippen LogP contribution in [-0.2, 0) is 0 Å². The fraction of sp³-hybridized carbons (Fsp3) is 0.500. The highest BCUT2D eigenvalue weighted by atomic mass is 35.5. The lowest BCUT2D eigenvalue weighted by Gasteiger charge is -2.39. The molecule has 1 heterocycles. The quantitative estimate of drug-likeness (QED) is 0.602. The first-order valence-electron chi connectivity index (χ1n) is 10.6. The first kappa shape index (κ1) is 22.4. The van der Waals surface area contributed by atoms with E-state index in [0.29, 0.717) is 0 Å². The summed E-state index contributed by atoms with van der Waals surface area (Å²) in [6.07, 6.45) is 5.57. The molecule has 0 amide bonds. The van der Waals surface area contributed by atoms with Gasteiger partial charge in [-0.3, -0.25) is 4.90 Å². The topological polar surface area (TPSA) is 6.48 Å². The lowest BCUT2D eigenvalue weighted by Crippen LogP contribution is -2.50. The Hall–Kier alpha value is -1.29. The predicted octanol–water partition coefficient (Wildman–Crippen LogP) is 5.76. The molecule has 0 N–H and O–H groups in total. The number of anilines is 1. The van der Waals surface area contributed by atoms with Crippen molar-refractivity contribution in [2.75, 3.05) is 31.1 Å². The van der Waals surface area contributed by atoms with E-state index in [1.807, 2.05) is 12.1 Å². The Morgan fingerprint density at radius 2 is 1.28 bits per heavy atom. The van der Waals surface area contributed by atoms with Crippen molar-refractivity contribution in [1.29, 1.82) is 0 Å². The molecule has 2 aliphatic carbocycles. The largest absolute Gasteiger partial charge is 0.369 e. The van der Waals surface area contributed by atoms with E-state index in [-0.39, 0.29) is 30.6 Å². The van der Waals surface area contributed by atoms with Crippen LogP contribution in [0.2, 0.25) is 0 Å². The summed E-state index contributed by atoms with van der Waals surface area (Å²) in [6, 6.07) is 18.9. The van der Waals surface area contributed by atoms with Crippen molar-refractivity contribution >= 4 is 30.5 Å². The second-order valence-electron chi connectivity index (χ2n) is 8.72. The Kier molecular flexibility index (Phi) is 7.47. The highest BCUT2D eigenvalue weighted by Crippen LogP contribution is 2.51. The highest BCUT2D eigenvalue weighted by Gasteiger charge is 2.43. The van der Waals surface area contributed by atoms with E-state index in [9.17, 15) is 4.39 Å². The van der Waals surface area contributed by atoms with Crippen molar-refractivity contribution in [2.24, 2.45) is 11.8 Å². The normalized spacial score (nSPS) is 29.1. The minimum atomic E-state index is -0.149. The number of halogens is 3. The Morgan fingerprint density at radius 3 is 1.86 bits per heavy atom. The van der Waals surface area contributed by atoms with Crippen LogP contribution < -0.4 is 4.90 Å². The number of fused-ring (bicyclic) bond motifs is 1. The molecule has 2 aromatic rings. The van der Waals surface area contributed by atoms with Gasteiger partial charge in [0.25, 0.3) is 0 Å². The predicted molar refractivity (Wildman–Crippen MR) is 123 cm³/mol. The SMILES string of the molecule is Cl.Cl.Fc1ccc(N2CCN(C3CC4CC(c5ccccc5)CC4C3)CC2)cc1. The smallest absolute Gasteiger partial charge is 0.123 e. The summed E-state index contributed by atoms with van der Waals surface area (Å²) in [6.45, 7) is 4.40. The standard InChI is InChI=1S/C24H29FN2.2ClH/c25-22-6-8-23(9-7-22)26-10-12-27(13-11-26)24-16-20-14-19(15-21(20)17-24)18-4-2-1-3-5-18;;/h1-9,19-21,24H,10-17H2;2*1H. The van der Waals surface area contributed by atoms with Gasteiger partial charge < -0.3 is 4.90 Å². The van der Waals surface area contributed by atoms with E-state index in [0.717, 1.165) is 55.7 Å². The van der Waals surface area contributed by atoms with Crippen LogP contribution in [0.15, 0.2) is 54.6 Å². The highest BCUT2D eigenvalue weighted by molar-refractivity contribution is 5.85. The molecular weight excluding hydrogens is 406 g/mol. The lowest BCUT2D eigenvalue weighted by molar-refractivity contribution is 0.179. The Labute approximate surface area is 186 Å². The van der Waals surface area contributed by atoms with E-state index in [2.05, 4.69) is 40.1 Å². The molecule has 0 spiro atoms. The van der Waals surface area contributed by atoms with Gasteiger partial charge in [-0.15, -0.1) is 24.8 Å². The molecule has 2 unspecified atom stereocenters. The number of hydrogen-bond acceptors (Lipinski definition) is 2. The van der Waals surface area contributed by atoms with E-state index >= 15 is 0 Å². The van der Waals surface area contributed by atoms with Gasteiger partial charge in [0, 0.05) is 37.9 Å². The summed E-state index contributed by atoms with van der Waals surface area (Å²) < 4.78 is 13.1. The minimum Gasteiger partial charge on any atom is -0.369 e. The second-order valence-corrected chi connectivity index (χ2v) is 8.72. The van der Waals surface area contributed by atoms with Gasteiger partial charge in [0.1, 0.15) is 5.82 Å². The molecule has 29 heavy (non-hydrogen) atoms. The lowest BCUT2D eigenvalue weighted by atomic mass is 9.94. The van der Waals surface area contributed by atoms with Crippen LogP contribution in [0.4, 0.5) is 10.1 Å².